The lowest BCUT2D eigenvalue weighted by Crippen LogP contribution is -2.34. The second kappa shape index (κ2) is 7.11. The van der Waals surface area contributed by atoms with Crippen LogP contribution in [-0.4, -0.2) is 53.9 Å². The molecule has 8 heteroatoms. The normalized spacial score (nSPS) is 22.9. The number of carboxylic acids is 1. The summed E-state index contributed by atoms with van der Waals surface area (Å²) in [5.74, 6) is -5.55. The monoisotopic (exact) mass is 311 g/mol. The van der Waals surface area contributed by atoms with Gasteiger partial charge in [-0.1, -0.05) is 0 Å². The van der Waals surface area contributed by atoms with Gasteiger partial charge >= 0.3 is 12.1 Å². The highest BCUT2D eigenvalue weighted by Gasteiger charge is 2.53. The third-order valence-corrected chi connectivity index (χ3v) is 3.40. The molecule has 0 spiro atoms. The summed E-state index contributed by atoms with van der Waals surface area (Å²) in [5.41, 5.74) is 0. The smallest absolute Gasteiger partial charge is 0.394 e. The van der Waals surface area contributed by atoms with E-state index >= 15 is 0 Å². The lowest BCUT2D eigenvalue weighted by molar-refractivity contribution is -0.188. The van der Waals surface area contributed by atoms with E-state index in [2.05, 4.69) is 0 Å². The van der Waals surface area contributed by atoms with Gasteiger partial charge in [0.2, 0.25) is 5.91 Å². The minimum atomic E-state index is -4.61. The number of hydrogen-bond acceptors (Lipinski definition) is 3. The van der Waals surface area contributed by atoms with Crippen LogP contribution in [0.4, 0.5) is 13.2 Å². The second-order valence-electron chi connectivity index (χ2n) is 5.41. The Balaban J connectivity index is 2.53. The Bertz CT molecular complexity index is 384. The zero-order valence-electron chi connectivity index (χ0n) is 12.0. The van der Waals surface area contributed by atoms with Gasteiger partial charge in [-0.25, -0.2) is 0 Å². The summed E-state index contributed by atoms with van der Waals surface area (Å²) in [5, 5.41) is 8.86. The number of aliphatic carboxylic acids is 1. The summed E-state index contributed by atoms with van der Waals surface area (Å²) in [6, 6.07) is 0. The summed E-state index contributed by atoms with van der Waals surface area (Å²) >= 11 is 0. The molecule has 1 amide bonds. The lowest BCUT2D eigenvalue weighted by atomic mass is 9.96. The fourth-order valence-electron chi connectivity index (χ4n) is 2.29. The number of carboxylic acid groups (broad SMARTS) is 1. The van der Waals surface area contributed by atoms with Crippen molar-refractivity contribution < 1.29 is 32.6 Å². The van der Waals surface area contributed by atoms with Crippen molar-refractivity contribution in [1.82, 2.24) is 4.90 Å². The molecule has 1 rings (SSSR count). The molecule has 1 saturated heterocycles. The standard InChI is InChI=1S/C13H20F3NO4/c1-8(2)21-5-3-4-11(18)17-6-9(12(19)20)10(7-17)13(14,15)16/h8-10H,3-7H2,1-2H3,(H,19,20)/t9-,10-/m1/s1. The molecule has 2 atom stereocenters. The predicted molar refractivity (Wildman–Crippen MR) is 67.6 cm³/mol. The number of amides is 1. The van der Waals surface area contributed by atoms with Gasteiger partial charge in [-0.05, 0) is 20.3 Å². The number of ether oxygens (including phenoxy) is 1. The second-order valence-corrected chi connectivity index (χ2v) is 5.41. The maximum Gasteiger partial charge on any atom is 0.394 e. The molecule has 0 aromatic rings. The summed E-state index contributed by atoms with van der Waals surface area (Å²) in [6.07, 6.45) is -4.12. The van der Waals surface area contributed by atoms with Crippen LogP contribution in [0.15, 0.2) is 0 Å². The Kier molecular flexibility index (Phi) is 6.00. The fourth-order valence-corrected chi connectivity index (χ4v) is 2.29. The van der Waals surface area contributed by atoms with Gasteiger partial charge in [-0.3, -0.25) is 9.59 Å². The molecule has 1 aliphatic heterocycles. The third kappa shape index (κ3) is 5.18. The maximum absolute atomic E-state index is 12.8. The third-order valence-electron chi connectivity index (χ3n) is 3.40. The number of carbonyl (C=O) groups excluding carboxylic acids is 1. The van der Waals surface area contributed by atoms with Crippen LogP contribution in [0.1, 0.15) is 26.7 Å². The van der Waals surface area contributed by atoms with Crippen molar-refractivity contribution in [2.24, 2.45) is 11.8 Å². The summed E-state index contributed by atoms with van der Waals surface area (Å²) in [6.45, 7) is 3.07. The zero-order chi connectivity index (χ0) is 16.2. The van der Waals surface area contributed by atoms with Crippen LogP contribution >= 0.6 is 0 Å². The van der Waals surface area contributed by atoms with Crippen molar-refractivity contribution in [1.29, 1.82) is 0 Å². The van der Waals surface area contributed by atoms with E-state index in [-0.39, 0.29) is 19.1 Å². The van der Waals surface area contributed by atoms with Crippen molar-refractivity contribution in [2.75, 3.05) is 19.7 Å². The number of rotatable bonds is 6. The Morgan fingerprint density at radius 1 is 1.33 bits per heavy atom. The minimum Gasteiger partial charge on any atom is -0.481 e. The first kappa shape index (κ1) is 17.7. The summed E-state index contributed by atoms with van der Waals surface area (Å²) < 4.78 is 43.6. The van der Waals surface area contributed by atoms with E-state index in [1.165, 1.54) is 0 Å². The topological polar surface area (TPSA) is 66.8 Å². The van der Waals surface area contributed by atoms with Crippen LogP contribution in [0.3, 0.4) is 0 Å². The molecule has 21 heavy (non-hydrogen) atoms. The Morgan fingerprint density at radius 3 is 2.38 bits per heavy atom. The van der Waals surface area contributed by atoms with E-state index in [0.717, 1.165) is 4.90 Å². The van der Waals surface area contributed by atoms with Gasteiger partial charge in [0.1, 0.15) is 0 Å². The average molecular weight is 311 g/mol. The number of likely N-dealkylation sites (tertiary alicyclic amines) is 1. The van der Waals surface area contributed by atoms with Gasteiger partial charge in [0.15, 0.2) is 0 Å². The van der Waals surface area contributed by atoms with E-state index in [1.54, 1.807) is 0 Å². The number of alkyl halides is 3. The molecule has 0 radical (unpaired) electrons. The molecule has 0 bridgehead atoms. The first-order chi connectivity index (χ1) is 9.62. The van der Waals surface area contributed by atoms with E-state index < -0.39 is 36.4 Å². The van der Waals surface area contributed by atoms with Crippen LogP contribution < -0.4 is 0 Å². The van der Waals surface area contributed by atoms with Gasteiger partial charge in [-0.2, -0.15) is 13.2 Å². The summed E-state index contributed by atoms with van der Waals surface area (Å²) in [7, 11) is 0. The van der Waals surface area contributed by atoms with Gasteiger partial charge < -0.3 is 14.7 Å². The van der Waals surface area contributed by atoms with E-state index in [9.17, 15) is 22.8 Å². The maximum atomic E-state index is 12.8. The largest absolute Gasteiger partial charge is 0.481 e. The van der Waals surface area contributed by atoms with Gasteiger partial charge in [0.05, 0.1) is 17.9 Å². The average Bonchev–Trinajstić information content (AvgIpc) is 2.79. The molecular weight excluding hydrogens is 291 g/mol. The Morgan fingerprint density at radius 2 is 1.95 bits per heavy atom. The van der Waals surface area contributed by atoms with Gasteiger partial charge in [0.25, 0.3) is 0 Å². The van der Waals surface area contributed by atoms with Crippen LogP contribution in [0, 0.1) is 11.8 Å². The highest BCUT2D eigenvalue weighted by Crippen LogP contribution is 2.37. The van der Waals surface area contributed by atoms with Crippen molar-refractivity contribution in [3.05, 3.63) is 0 Å². The molecule has 0 aromatic carbocycles. The van der Waals surface area contributed by atoms with Crippen molar-refractivity contribution in [3.63, 3.8) is 0 Å². The first-order valence-corrected chi connectivity index (χ1v) is 6.81. The highest BCUT2D eigenvalue weighted by atomic mass is 19.4. The van der Waals surface area contributed by atoms with E-state index in [4.69, 9.17) is 9.84 Å². The molecule has 0 aromatic heterocycles. The van der Waals surface area contributed by atoms with Crippen LogP contribution in [0.5, 0.6) is 0 Å². The number of nitrogens with zero attached hydrogens (tertiary/aromatic N) is 1. The summed E-state index contributed by atoms with van der Waals surface area (Å²) in [4.78, 5) is 23.7. The van der Waals surface area contributed by atoms with Crippen LogP contribution in [0.25, 0.3) is 0 Å². The molecule has 0 saturated carbocycles. The molecule has 1 N–H and O–H groups in total. The van der Waals surface area contributed by atoms with Crippen molar-refractivity contribution in [3.8, 4) is 0 Å². The molecule has 5 nitrogen and oxygen atoms in total. The molecule has 122 valence electrons. The SMILES string of the molecule is CC(C)OCCCC(=O)N1C[C@@H](C(F)(F)F)[C@H](C(=O)O)C1. The fraction of sp³-hybridized carbons (Fsp3) is 0.846. The quantitative estimate of drug-likeness (QED) is 0.761. The highest BCUT2D eigenvalue weighted by molar-refractivity contribution is 5.79. The number of hydrogen-bond donors (Lipinski definition) is 1. The van der Waals surface area contributed by atoms with E-state index in [1.807, 2.05) is 13.8 Å². The molecule has 0 unspecified atom stereocenters. The van der Waals surface area contributed by atoms with Crippen LogP contribution in [-0.2, 0) is 14.3 Å². The first-order valence-electron chi connectivity index (χ1n) is 6.81. The molecule has 1 fully saturated rings. The number of carbonyl (C=O) groups is 2. The van der Waals surface area contributed by atoms with Crippen LogP contribution in [0.2, 0.25) is 0 Å². The molecule has 0 aliphatic carbocycles. The van der Waals surface area contributed by atoms with E-state index in [0.29, 0.717) is 13.0 Å². The van der Waals surface area contributed by atoms with Crippen molar-refractivity contribution in [2.45, 2.75) is 39.0 Å². The predicted octanol–water partition coefficient (Wildman–Crippen LogP) is 1.91. The van der Waals surface area contributed by atoms with Crippen molar-refractivity contribution >= 4 is 11.9 Å². The minimum absolute atomic E-state index is 0.0258. The zero-order valence-corrected chi connectivity index (χ0v) is 12.0. The Labute approximate surface area is 121 Å². The van der Waals surface area contributed by atoms with Gasteiger partial charge in [-0.15, -0.1) is 0 Å². The number of halogens is 3. The molecular formula is C13H20F3NO4. The van der Waals surface area contributed by atoms with Gasteiger partial charge in [0, 0.05) is 26.1 Å². The molecule has 1 aliphatic rings. The lowest BCUT2D eigenvalue weighted by Gasteiger charge is -2.18. The molecule has 1 heterocycles. The Hall–Kier alpha value is -1.31.